The summed E-state index contributed by atoms with van der Waals surface area (Å²) in [7, 11) is 1.97. The Hall–Kier alpha value is -2.43. The van der Waals surface area contributed by atoms with Gasteiger partial charge in [0.1, 0.15) is 6.33 Å². The molecule has 1 saturated heterocycles. The summed E-state index contributed by atoms with van der Waals surface area (Å²) in [5, 5.41) is 14.6. The third-order valence-corrected chi connectivity index (χ3v) is 5.23. The Morgan fingerprint density at radius 2 is 2.23 bits per heavy atom. The maximum absolute atomic E-state index is 4.90. The molecule has 1 aliphatic heterocycles. The molecule has 0 amide bonds. The Labute approximate surface area is 194 Å². The molecule has 4 rings (SSSR count). The highest BCUT2D eigenvalue weighted by molar-refractivity contribution is 14.0. The van der Waals surface area contributed by atoms with Crippen LogP contribution in [-0.2, 0) is 20.0 Å². The van der Waals surface area contributed by atoms with Crippen LogP contribution in [0, 0.1) is 5.92 Å². The molecule has 1 aromatic carbocycles. The number of benzene rings is 1. The van der Waals surface area contributed by atoms with Gasteiger partial charge in [-0.2, -0.15) is 10.2 Å². The van der Waals surface area contributed by atoms with Crippen molar-refractivity contribution in [2.75, 3.05) is 19.6 Å². The van der Waals surface area contributed by atoms with E-state index >= 15 is 0 Å². The van der Waals surface area contributed by atoms with Gasteiger partial charge in [-0.15, -0.1) is 24.0 Å². The molecule has 1 fully saturated rings. The highest BCUT2D eigenvalue weighted by atomic mass is 127. The van der Waals surface area contributed by atoms with E-state index in [2.05, 4.69) is 55.8 Å². The normalized spacial score (nSPS) is 16.5. The first-order valence-corrected chi connectivity index (χ1v) is 10.2. The number of nitrogens with one attached hydrogen (secondary N) is 2. The summed E-state index contributed by atoms with van der Waals surface area (Å²) in [5.74, 6) is 2.41. The number of hydrogen-bond acceptors (Lipinski definition) is 4. The molecule has 0 spiro atoms. The molecule has 160 valence electrons. The lowest BCUT2D eigenvalue weighted by Gasteiger charge is -2.21. The van der Waals surface area contributed by atoms with Crippen molar-refractivity contribution in [2.24, 2.45) is 18.0 Å². The fourth-order valence-electron chi connectivity index (χ4n) is 3.86. The number of guanidine groups is 1. The third kappa shape index (κ3) is 5.59. The Balaban J connectivity index is 0.00000256. The van der Waals surface area contributed by atoms with Crippen LogP contribution < -0.4 is 5.32 Å². The molecule has 0 bridgehead atoms. The fourth-order valence-corrected chi connectivity index (χ4v) is 3.86. The summed E-state index contributed by atoms with van der Waals surface area (Å²) in [6.07, 6.45) is 7.87. The third-order valence-electron chi connectivity index (χ3n) is 5.23. The molecule has 30 heavy (non-hydrogen) atoms. The van der Waals surface area contributed by atoms with Gasteiger partial charge in [-0.1, -0.05) is 18.2 Å². The standard InChI is InChI=1S/C21H28N8.HI/c1-3-22-21(29-8-7-17(14-29)9-18-12-26-28(2)13-18)23-11-16-5-4-6-19(10-16)20-24-15-25-27-20;/h4-6,10,12-13,15,17H,3,7-9,11,14H2,1-2H3,(H,22,23)(H,24,25,27);1H. The number of halogens is 1. The number of nitrogens with zero attached hydrogens (tertiary/aromatic N) is 6. The van der Waals surface area contributed by atoms with Crippen LogP contribution >= 0.6 is 24.0 Å². The van der Waals surface area contributed by atoms with Gasteiger partial charge in [-0.05, 0) is 42.9 Å². The van der Waals surface area contributed by atoms with Crippen molar-refractivity contribution in [3.63, 3.8) is 0 Å². The van der Waals surface area contributed by atoms with Gasteiger partial charge in [0.2, 0.25) is 0 Å². The lowest BCUT2D eigenvalue weighted by atomic mass is 10.0. The number of aliphatic imine (C=N–C) groups is 1. The Bertz CT molecular complexity index is 950. The second kappa shape index (κ2) is 10.6. The van der Waals surface area contributed by atoms with Crippen LogP contribution in [0.25, 0.3) is 11.4 Å². The second-order valence-electron chi connectivity index (χ2n) is 7.53. The summed E-state index contributed by atoms with van der Waals surface area (Å²) in [4.78, 5) is 11.5. The van der Waals surface area contributed by atoms with Crippen molar-refractivity contribution in [1.29, 1.82) is 0 Å². The number of aromatic nitrogens is 5. The molecule has 0 saturated carbocycles. The van der Waals surface area contributed by atoms with E-state index in [0.717, 1.165) is 49.0 Å². The molecule has 1 aliphatic rings. The molecular formula is C21H29IN8. The summed E-state index contributed by atoms with van der Waals surface area (Å²) >= 11 is 0. The predicted octanol–water partition coefficient (Wildman–Crippen LogP) is 2.85. The van der Waals surface area contributed by atoms with Gasteiger partial charge in [-0.3, -0.25) is 9.78 Å². The number of aromatic amines is 1. The first kappa shape index (κ1) is 22.3. The van der Waals surface area contributed by atoms with Gasteiger partial charge < -0.3 is 10.2 Å². The van der Waals surface area contributed by atoms with Gasteiger partial charge in [-0.25, -0.2) is 9.98 Å². The van der Waals surface area contributed by atoms with Crippen molar-refractivity contribution >= 4 is 29.9 Å². The van der Waals surface area contributed by atoms with Crippen LogP contribution in [0.5, 0.6) is 0 Å². The summed E-state index contributed by atoms with van der Waals surface area (Å²) in [6, 6.07) is 8.28. The van der Waals surface area contributed by atoms with E-state index in [1.165, 1.54) is 18.3 Å². The summed E-state index contributed by atoms with van der Waals surface area (Å²) in [6.45, 7) is 5.67. The molecule has 1 unspecified atom stereocenters. The van der Waals surface area contributed by atoms with E-state index in [1.807, 2.05) is 30.1 Å². The number of rotatable bonds is 6. The van der Waals surface area contributed by atoms with Crippen molar-refractivity contribution in [3.05, 3.63) is 54.1 Å². The lowest BCUT2D eigenvalue weighted by molar-refractivity contribution is 0.460. The van der Waals surface area contributed by atoms with Crippen LogP contribution in [0.15, 0.2) is 48.0 Å². The van der Waals surface area contributed by atoms with Crippen molar-refractivity contribution < 1.29 is 0 Å². The van der Waals surface area contributed by atoms with Gasteiger partial charge >= 0.3 is 0 Å². The Kier molecular flexibility index (Phi) is 7.83. The van der Waals surface area contributed by atoms with E-state index < -0.39 is 0 Å². The van der Waals surface area contributed by atoms with Crippen LogP contribution in [0.1, 0.15) is 24.5 Å². The minimum Gasteiger partial charge on any atom is -0.357 e. The Morgan fingerprint density at radius 3 is 2.97 bits per heavy atom. The van der Waals surface area contributed by atoms with Gasteiger partial charge in [0.25, 0.3) is 0 Å². The SMILES string of the molecule is CCNC(=NCc1cccc(-c2ncn[nH]2)c1)N1CCC(Cc2cnn(C)c2)C1.I. The van der Waals surface area contributed by atoms with Crippen molar-refractivity contribution in [1.82, 2.24) is 35.2 Å². The van der Waals surface area contributed by atoms with E-state index in [0.29, 0.717) is 12.5 Å². The quantitative estimate of drug-likeness (QED) is 0.297. The van der Waals surface area contributed by atoms with E-state index in [9.17, 15) is 0 Å². The molecule has 0 radical (unpaired) electrons. The van der Waals surface area contributed by atoms with Crippen LogP contribution in [0.4, 0.5) is 0 Å². The minimum atomic E-state index is 0. The Morgan fingerprint density at radius 1 is 1.33 bits per heavy atom. The fraction of sp³-hybridized carbons (Fsp3) is 0.429. The molecule has 9 heteroatoms. The zero-order chi connectivity index (χ0) is 20.1. The average molecular weight is 520 g/mol. The maximum Gasteiger partial charge on any atom is 0.194 e. The zero-order valence-electron chi connectivity index (χ0n) is 17.5. The zero-order valence-corrected chi connectivity index (χ0v) is 19.8. The number of aryl methyl sites for hydroxylation is 1. The van der Waals surface area contributed by atoms with Gasteiger partial charge in [0.15, 0.2) is 11.8 Å². The average Bonchev–Trinajstić information content (AvgIpc) is 3.48. The van der Waals surface area contributed by atoms with Crippen LogP contribution in [0.2, 0.25) is 0 Å². The van der Waals surface area contributed by atoms with Crippen molar-refractivity contribution in [3.8, 4) is 11.4 Å². The lowest BCUT2D eigenvalue weighted by Crippen LogP contribution is -2.40. The number of H-pyrrole nitrogens is 1. The van der Waals surface area contributed by atoms with Gasteiger partial charge in [0.05, 0.1) is 12.7 Å². The molecule has 8 nitrogen and oxygen atoms in total. The largest absolute Gasteiger partial charge is 0.357 e. The van der Waals surface area contributed by atoms with E-state index in [4.69, 9.17) is 4.99 Å². The second-order valence-corrected chi connectivity index (χ2v) is 7.53. The monoisotopic (exact) mass is 520 g/mol. The van der Waals surface area contributed by atoms with E-state index in [-0.39, 0.29) is 24.0 Å². The maximum atomic E-state index is 4.90. The molecule has 3 aromatic rings. The van der Waals surface area contributed by atoms with Gasteiger partial charge in [0, 0.05) is 38.4 Å². The molecule has 3 heterocycles. The molecule has 1 atom stereocenters. The highest BCUT2D eigenvalue weighted by Crippen LogP contribution is 2.21. The number of likely N-dealkylation sites (tertiary alicyclic amines) is 1. The summed E-state index contributed by atoms with van der Waals surface area (Å²) in [5.41, 5.74) is 3.49. The predicted molar refractivity (Wildman–Crippen MR) is 129 cm³/mol. The topological polar surface area (TPSA) is 87.0 Å². The van der Waals surface area contributed by atoms with Crippen LogP contribution in [0.3, 0.4) is 0 Å². The number of hydrogen-bond donors (Lipinski definition) is 2. The molecule has 2 aromatic heterocycles. The first-order chi connectivity index (χ1) is 14.2. The van der Waals surface area contributed by atoms with Crippen LogP contribution in [-0.4, -0.2) is 55.5 Å². The molecule has 0 aliphatic carbocycles. The van der Waals surface area contributed by atoms with Crippen molar-refractivity contribution in [2.45, 2.75) is 26.3 Å². The highest BCUT2D eigenvalue weighted by Gasteiger charge is 2.25. The molecular weight excluding hydrogens is 491 g/mol. The first-order valence-electron chi connectivity index (χ1n) is 10.2. The minimum absolute atomic E-state index is 0. The summed E-state index contributed by atoms with van der Waals surface area (Å²) < 4.78 is 1.88. The molecule has 2 N–H and O–H groups in total. The van der Waals surface area contributed by atoms with E-state index in [1.54, 1.807) is 0 Å². The smallest absolute Gasteiger partial charge is 0.194 e.